The van der Waals surface area contributed by atoms with E-state index < -0.39 is 6.61 Å². The Morgan fingerprint density at radius 2 is 1.90 bits per heavy atom. The highest BCUT2D eigenvalue weighted by Crippen LogP contribution is 2.18. The first-order chi connectivity index (χ1) is 10.1. The van der Waals surface area contributed by atoms with E-state index >= 15 is 0 Å². The summed E-state index contributed by atoms with van der Waals surface area (Å²) in [7, 11) is 0. The van der Waals surface area contributed by atoms with Gasteiger partial charge < -0.3 is 15.4 Å². The molecule has 0 bridgehead atoms. The maximum atomic E-state index is 12.1. The van der Waals surface area contributed by atoms with E-state index in [1.54, 1.807) is 0 Å². The van der Waals surface area contributed by atoms with Gasteiger partial charge in [-0.2, -0.15) is 8.78 Å². The van der Waals surface area contributed by atoms with E-state index in [-0.39, 0.29) is 17.7 Å². The van der Waals surface area contributed by atoms with Gasteiger partial charge in [0.2, 0.25) is 0 Å². The zero-order valence-electron chi connectivity index (χ0n) is 11.9. The van der Waals surface area contributed by atoms with Crippen LogP contribution in [0.3, 0.4) is 0 Å². The van der Waals surface area contributed by atoms with Gasteiger partial charge in [0.05, 0.1) is 0 Å². The molecule has 1 aromatic carbocycles. The summed E-state index contributed by atoms with van der Waals surface area (Å²) in [6.45, 7) is 1.10. The van der Waals surface area contributed by atoms with Gasteiger partial charge in [-0.15, -0.1) is 0 Å². The highest BCUT2D eigenvalue weighted by molar-refractivity contribution is 5.94. The van der Waals surface area contributed by atoms with Crippen molar-refractivity contribution in [3.8, 4) is 5.75 Å². The quantitative estimate of drug-likeness (QED) is 0.877. The minimum atomic E-state index is -2.86. The molecule has 116 valence electrons. The number of piperidine rings is 1. The van der Waals surface area contributed by atoms with E-state index in [9.17, 15) is 13.6 Å². The van der Waals surface area contributed by atoms with E-state index in [4.69, 9.17) is 0 Å². The summed E-state index contributed by atoms with van der Waals surface area (Å²) < 4.78 is 28.4. The number of carbonyl (C=O) groups excluding carboxylic acids is 1. The van der Waals surface area contributed by atoms with Crippen LogP contribution in [-0.4, -0.2) is 31.7 Å². The van der Waals surface area contributed by atoms with Gasteiger partial charge in [-0.3, -0.25) is 4.79 Å². The molecule has 1 aliphatic rings. The van der Waals surface area contributed by atoms with Crippen molar-refractivity contribution < 1.29 is 18.3 Å². The lowest BCUT2D eigenvalue weighted by molar-refractivity contribution is -0.0498. The van der Waals surface area contributed by atoms with Crippen LogP contribution in [0, 0.1) is 5.92 Å². The predicted octanol–water partition coefficient (Wildman–Crippen LogP) is 2.41. The summed E-state index contributed by atoms with van der Waals surface area (Å²) in [6.07, 6.45) is 2.09. The molecule has 0 radical (unpaired) electrons. The van der Waals surface area contributed by atoms with Crippen molar-refractivity contribution >= 4 is 5.91 Å². The van der Waals surface area contributed by atoms with Crippen molar-refractivity contribution in [2.45, 2.75) is 32.4 Å². The van der Waals surface area contributed by atoms with Gasteiger partial charge in [0.1, 0.15) is 5.75 Å². The second-order valence-corrected chi connectivity index (χ2v) is 5.25. The summed E-state index contributed by atoms with van der Waals surface area (Å²) in [5, 5.41) is 6.26. The Bertz CT molecular complexity index is 459. The molecular weight excluding hydrogens is 278 g/mol. The average Bonchev–Trinajstić information content (AvgIpc) is 2.48. The van der Waals surface area contributed by atoms with Gasteiger partial charge in [-0.25, -0.2) is 0 Å². The molecule has 0 saturated carbocycles. The summed E-state index contributed by atoms with van der Waals surface area (Å²) in [4.78, 5) is 12.1. The third kappa shape index (κ3) is 4.67. The number of amides is 1. The molecule has 21 heavy (non-hydrogen) atoms. The third-order valence-electron chi connectivity index (χ3n) is 3.79. The lowest BCUT2D eigenvalue weighted by Gasteiger charge is -2.28. The highest BCUT2D eigenvalue weighted by Gasteiger charge is 2.21. The van der Waals surface area contributed by atoms with E-state index in [0.29, 0.717) is 11.5 Å². The lowest BCUT2D eigenvalue weighted by atomic mass is 9.91. The molecule has 2 rings (SSSR count). The van der Waals surface area contributed by atoms with E-state index in [1.807, 2.05) is 6.92 Å². The molecule has 0 aromatic heterocycles. The highest BCUT2D eigenvalue weighted by atomic mass is 19.3. The molecule has 1 saturated heterocycles. The minimum Gasteiger partial charge on any atom is -0.435 e. The van der Waals surface area contributed by atoms with Crippen molar-refractivity contribution in [1.82, 2.24) is 10.6 Å². The number of halogens is 2. The van der Waals surface area contributed by atoms with Gasteiger partial charge >= 0.3 is 6.61 Å². The second-order valence-electron chi connectivity index (χ2n) is 5.25. The Balaban J connectivity index is 1.90. The van der Waals surface area contributed by atoms with Crippen LogP contribution in [0.5, 0.6) is 5.75 Å². The normalized spacial score (nSPS) is 17.5. The van der Waals surface area contributed by atoms with Crippen molar-refractivity contribution in [2.75, 3.05) is 13.1 Å². The maximum absolute atomic E-state index is 12.1. The molecule has 1 fully saturated rings. The Kier molecular flexibility index (Phi) is 5.50. The van der Waals surface area contributed by atoms with Gasteiger partial charge in [0, 0.05) is 11.6 Å². The number of ether oxygens (including phenoxy) is 1. The van der Waals surface area contributed by atoms with E-state index in [1.165, 1.54) is 24.3 Å². The van der Waals surface area contributed by atoms with Gasteiger partial charge in [0.15, 0.2) is 0 Å². The monoisotopic (exact) mass is 298 g/mol. The molecule has 0 spiro atoms. The SMILES string of the molecule is CC(NC(=O)c1ccc(OC(F)F)cc1)C1CCNCC1. The first-order valence-corrected chi connectivity index (χ1v) is 7.12. The van der Waals surface area contributed by atoms with Crippen LogP contribution in [-0.2, 0) is 0 Å². The molecular formula is C15H20F2N2O2. The van der Waals surface area contributed by atoms with Gasteiger partial charge in [0.25, 0.3) is 5.91 Å². The summed E-state index contributed by atoms with van der Waals surface area (Å²) in [5.41, 5.74) is 0.442. The molecule has 0 aliphatic carbocycles. The molecule has 1 unspecified atom stereocenters. The third-order valence-corrected chi connectivity index (χ3v) is 3.79. The first kappa shape index (κ1) is 15.7. The first-order valence-electron chi connectivity index (χ1n) is 7.12. The van der Waals surface area contributed by atoms with E-state index in [2.05, 4.69) is 15.4 Å². The molecule has 1 aliphatic heterocycles. The van der Waals surface area contributed by atoms with Crippen LogP contribution in [0.1, 0.15) is 30.1 Å². The Morgan fingerprint density at radius 3 is 2.48 bits per heavy atom. The maximum Gasteiger partial charge on any atom is 0.387 e. The molecule has 1 atom stereocenters. The molecule has 1 heterocycles. The lowest BCUT2D eigenvalue weighted by Crippen LogP contribution is -2.42. The van der Waals surface area contributed by atoms with Crippen LogP contribution >= 0.6 is 0 Å². The summed E-state index contributed by atoms with van der Waals surface area (Å²) >= 11 is 0. The largest absolute Gasteiger partial charge is 0.435 e. The number of benzene rings is 1. The number of alkyl halides is 2. The predicted molar refractivity (Wildman–Crippen MR) is 75.6 cm³/mol. The standard InChI is InChI=1S/C15H20F2N2O2/c1-10(11-6-8-18-9-7-11)19-14(20)12-2-4-13(5-3-12)21-15(16)17/h2-5,10-11,15,18H,6-9H2,1H3,(H,19,20). The zero-order chi connectivity index (χ0) is 15.2. The second kappa shape index (κ2) is 7.36. The zero-order valence-corrected chi connectivity index (χ0v) is 11.9. The van der Waals surface area contributed by atoms with Crippen LogP contribution in [0.25, 0.3) is 0 Å². The van der Waals surface area contributed by atoms with Crippen molar-refractivity contribution in [3.05, 3.63) is 29.8 Å². The minimum absolute atomic E-state index is 0.0490. The number of carbonyl (C=O) groups is 1. The Morgan fingerprint density at radius 1 is 1.29 bits per heavy atom. The summed E-state index contributed by atoms with van der Waals surface area (Å²) in [6, 6.07) is 5.81. The van der Waals surface area contributed by atoms with Gasteiger partial charge in [-0.1, -0.05) is 0 Å². The molecule has 1 amide bonds. The van der Waals surface area contributed by atoms with Crippen LogP contribution in [0.4, 0.5) is 8.78 Å². The molecule has 2 N–H and O–H groups in total. The van der Waals surface area contributed by atoms with Crippen molar-refractivity contribution in [1.29, 1.82) is 0 Å². The number of hydrogen-bond donors (Lipinski definition) is 2. The van der Waals surface area contributed by atoms with Crippen molar-refractivity contribution in [3.63, 3.8) is 0 Å². The molecule has 6 heteroatoms. The Labute approximate surface area is 122 Å². The van der Waals surface area contributed by atoms with Crippen LogP contribution in [0.15, 0.2) is 24.3 Å². The average molecular weight is 298 g/mol. The fraction of sp³-hybridized carbons (Fsp3) is 0.533. The number of hydrogen-bond acceptors (Lipinski definition) is 3. The number of nitrogens with one attached hydrogen (secondary N) is 2. The summed E-state index contributed by atoms with van der Waals surface area (Å²) in [5.74, 6) is 0.328. The van der Waals surface area contributed by atoms with E-state index in [0.717, 1.165) is 25.9 Å². The van der Waals surface area contributed by atoms with Crippen molar-refractivity contribution in [2.24, 2.45) is 5.92 Å². The van der Waals surface area contributed by atoms with Crippen LogP contribution in [0.2, 0.25) is 0 Å². The molecule has 1 aromatic rings. The fourth-order valence-electron chi connectivity index (χ4n) is 2.54. The van der Waals surface area contributed by atoms with Crippen LogP contribution < -0.4 is 15.4 Å². The Hall–Kier alpha value is -1.69. The smallest absolute Gasteiger partial charge is 0.387 e. The van der Waals surface area contributed by atoms with Gasteiger partial charge in [-0.05, 0) is 63.0 Å². The fourth-order valence-corrected chi connectivity index (χ4v) is 2.54. The molecule has 4 nitrogen and oxygen atoms in total. The topological polar surface area (TPSA) is 50.4 Å². The number of rotatable bonds is 5.